The van der Waals surface area contributed by atoms with Crippen LogP contribution in [0.15, 0.2) is 24.0 Å². The van der Waals surface area contributed by atoms with E-state index in [9.17, 15) is 15.0 Å². The Morgan fingerprint density at radius 2 is 2.20 bits per heavy atom. The van der Waals surface area contributed by atoms with Crippen molar-refractivity contribution in [3.05, 3.63) is 24.0 Å². The lowest BCUT2D eigenvalue weighted by Gasteiger charge is -2.31. The van der Waals surface area contributed by atoms with Crippen LogP contribution in [0.2, 0.25) is 0 Å². The predicted octanol–water partition coefficient (Wildman–Crippen LogP) is 3.41. The summed E-state index contributed by atoms with van der Waals surface area (Å²) in [6.45, 7) is 2.14. The van der Waals surface area contributed by atoms with Crippen LogP contribution in [0.3, 0.4) is 0 Å². The Morgan fingerprint density at radius 3 is 2.92 bits per heavy atom. The van der Waals surface area contributed by atoms with Crippen LogP contribution in [0, 0.1) is 11.8 Å². The van der Waals surface area contributed by atoms with Crippen LogP contribution in [0.1, 0.15) is 64.7 Å². The van der Waals surface area contributed by atoms with E-state index in [-0.39, 0.29) is 24.4 Å². The number of aliphatic carboxylic acids is 1. The normalized spacial score (nSPS) is 31.9. The van der Waals surface area contributed by atoms with Gasteiger partial charge in [-0.25, -0.2) is 0 Å². The molecule has 5 atom stereocenters. The van der Waals surface area contributed by atoms with Crippen molar-refractivity contribution in [2.24, 2.45) is 11.8 Å². The standard InChI is InChI=1S/C20H32O5/c1-2-3-4-6-14(21)9-11-16-17-12-10-15(7-5-8-20(23)24)25-19(17)13-18(16)22/h7,9,11,14,16-19,21-22H,2-6,8,10,12-13H2,1H3,(H,23,24)/b11-9+,15-7-/t14-,16?,17+,18+,19-/m0/s1. The van der Waals surface area contributed by atoms with Crippen molar-refractivity contribution in [1.82, 2.24) is 0 Å². The van der Waals surface area contributed by atoms with Gasteiger partial charge in [0.25, 0.3) is 0 Å². The highest BCUT2D eigenvalue weighted by molar-refractivity contribution is 5.66. The first kappa shape index (κ1) is 20.0. The molecule has 2 rings (SSSR count). The van der Waals surface area contributed by atoms with Crippen molar-refractivity contribution in [3.63, 3.8) is 0 Å². The molecule has 0 aromatic rings. The molecule has 2 fully saturated rings. The van der Waals surface area contributed by atoms with Gasteiger partial charge in [0.1, 0.15) is 6.10 Å². The molecule has 1 heterocycles. The molecule has 0 aromatic carbocycles. The fraction of sp³-hybridized carbons (Fsp3) is 0.750. The molecular formula is C20H32O5. The van der Waals surface area contributed by atoms with Crippen LogP contribution < -0.4 is 0 Å². The molecule has 1 saturated carbocycles. The van der Waals surface area contributed by atoms with E-state index in [1.807, 2.05) is 18.2 Å². The Morgan fingerprint density at radius 1 is 1.40 bits per heavy atom. The van der Waals surface area contributed by atoms with E-state index in [4.69, 9.17) is 9.84 Å². The zero-order valence-corrected chi connectivity index (χ0v) is 15.1. The molecule has 0 aromatic heterocycles. The van der Waals surface area contributed by atoms with Gasteiger partial charge >= 0.3 is 5.97 Å². The average Bonchev–Trinajstić information content (AvgIpc) is 2.87. The summed E-state index contributed by atoms with van der Waals surface area (Å²) >= 11 is 0. The van der Waals surface area contributed by atoms with E-state index in [0.29, 0.717) is 12.8 Å². The fourth-order valence-corrected chi connectivity index (χ4v) is 3.91. The summed E-state index contributed by atoms with van der Waals surface area (Å²) in [6, 6.07) is 0. The van der Waals surface area contributed by atoms with Gasteiger partial charge in [-0.3, -0.25) is 4.79 Å². The number of allylic oxidation sites excluding steroid dienone is 2. The number of carbonyl (C=O) groups is 1. The third-order valence-corrected chi connectivity index (χ3v) is 5.31. The number of ether oxygens (including phenoxy) is 1. The lowest BCUT2D eigenvalue weighted by Crippen LogP contribution is -2.27. The van der Waals surface area contributed by atoms with Gasteiger partial charge in [-0.15, -0.1) is 0 Å². The van der Waals surface area contributed by atoms with Crippen molar-refractivity contribution in [2.45, 2.75) is 83.0 Å². The minimum atomic E-state index is -0.801. The number of hydrogen-bond acceptors (Lipinski definition) is 4. The second kappa shape index (κ2) is 9.97. The van der Waals surface area contributed by atoms with Crippen molar-refractivity contribution in [2.75, 3.05) is 0 Å². The van der Waals surface area contributed by atoms with Crippen molar-refractivity contribution >= 4 is 5.97 Å². The summed E-state index contributed by atoms with van der Waals surface area (Å²) < 4.78 is 5.99. The van der Waals surface area contributed by atoms with Crippen molar-refractivity contribution < 1.29 is 24.9 Å². The summed E-state index contributed by atoms with van der Waals surface area (Å²) in [7, 11) is 0. The van der Waals surface area contributed by atoms with Gasteiger partial charge in [-0.2, -0.15) is 0 Å². The number of rotatable bonds is 9. The predicted molar refractivity (Wildman–Crippen MR) is 96.0 cm³/mol. The first-order valence-corrected chi connectivity index (χ1v) is 9.63. The molecule has 25 heavy (non-hydrogen) atoms. The summed E-state index contributed by atoms with van der Waals surface area (Å²) in [5, 5.41) is 29.1. The second-order valence-corrected chi connectivity index (χ2v) is 7.29. The number of carboxylic acids is 1. The molecule has 142 valence electrons. The largest absolute Gasteiger partial charge is 0.495 e. The molecule has 5 nitrogen and oxygen atoms in total. The van der Waals surface area contributed by atoms with Crippen LogP contribution in [0.25, 0.3) is 0 Å². The minimum absolute atomic E-state index is 0.00767. The zero-order valence-electron chi connectivity index (χ0n) is 15.1. The maximum absolute atomic E-state index is 10.6. The zero-order chi connectivity index (χ0) is 18.2. The van der Waals surface area contributed by atoms with Crippen LogP contribution in [-0.2, 0) is 9.53 Å². The Kier molecular flexibility index (Phi) is 7.97. The maximum atomic E-state index is 10.6. The molecule has 1 aliphatic heterocycles. The van der Waals surface area contributed by atoms with Gasteiger partial charge in [-0.05, 0) is 25.3 Å². The number of unbranched alkanes of at least 4 members (excludes halogenated alkanes) is 2. The number of aliphatic hydroxyl groups excluding tert-OH is 2. The molecule has 5 heteroatoms. The molecular weight excluding hydrogens is 320 g/mol. The molecule has 0 radical (unpaired) electrons. The van der Waals surface area contributed by atoms with Gasteiger partial charge in [-0.1, -0.05) is 38.3 Å². The van der Waals surface area contributed by atoms with Crippen LogP contribution in [0.5, 0.6) is 0 Å². The first-order chi connectivity index (χ1) is 12.0. The summed E-state index contributed by atoms with van der Waals surface area (Å²) in [6.07, 6.45) is 11.8. The molecule has 1 aliphatic carbocycles. The molecule has 0 spiro atoms. The molecule has 3 N–H and O–H groups in total. The van der Waals surface area contributed by atoms with E-state index in [1.165, 1.54) is 0 Å². The number of hydrogen-bond donors (Lipinski definition) is 3. The Balaban J connectivity index is 1.85. The van der Waals surface area contributed by atoms with Crippen molar-refractivity contribution in [3.8, 4) is 0 Å². The fourth-order valence-electron chi connectivity index (χ4n) is 3.91. The average molecular weight is 352 g/mol. The summed E-state index contributed by atoms with van der Waals surface area (Å²) in [5.41, 5.74) is 0. The SMILES string of the molecule is CCCCC[C@H](O)/C=C/C1[C@H](O)C[C@@H]2O/C(=C\CCC(=O)O)CC[C@H]12. The lowest BCUT2D eigenvalue weighted by atomic mass is 9.86. The third-order valence-electron chi connectivity index (χ3n) is 5.31. The molecule has 1 saturated heterocycles. The van der Waals surface area contributed by atoms with E-state index in [2.05, 4.69) is 6.92 Å². The summed E-state index contributed by atoms with van der Waals surface area (Å²) in [4.78, 5) is 10.6. The topological polar surface area (TPSA) is 87.0 Å². The highest BCUT2D eigenvalue weighted by Gasteiger charge is 2.44. The molecule has 2 aliphatic rings. The Labute approximate surface area is 150 Å². The van der Waals surface area contributed by atoms with Gasteiger partial charge in [0.2, 0.25) is 0 Å². The van der Waals surface area contributed by atoms with Crippen LogP contribution in [-0.4, -0.2) is 39.6 Å². The van der Waals surface area contributed by atoms with Crippen molar-refractivity contribution in [1.29, 1.82) is 0 Å². The molecule has 1 unspecified atom stereocenters. The Bertz CT molecular complexity index is 484. The van der Waals surface area contributed by atoms with E-state index in [1.54, 1.807) is 0 Å². The van der Waals surface area contributed by atoms with E-state index < -0.39 is 18.2 Å². The molecule has 0 bridgehead atoms. The van der Waals surface area contributed by atoms with E-state index in [0.717, 1.165) is 44.3 Å². The quantitative estimate of drug-likeness (QED) is 0.437. The third kappa shape index (κ3) is 6.15. The lowest BCUT2D eigenvalue weighted by molar-refractivity contribution is -0.136. The molecule has 0 amide bonds. The van der Waals surface area contributed by atoms with Gasteiger partial charge < -0.3 is 20.1 Å². The first-order valence-electron chi connectivity index (χ1n) is 9.63. The summed E-state index contributed by atoms with van der Waals surface area (Å²) in [5.74, 6) is 0.362. The highest BCUT2D eigenvalue weighted by Crippen LogP contribution is 2.43. The second-order valence-electron chi connectivity index (χ2n) is 7.29. The van der Waals surface area contributed by atoms with E-state index >= 15 is 0 Å². The highest BCUT2D eigenvalue weighted by atomic mass is 16.5. The minimum Gasteiger partial charge on any atom is -0.495 e. The smallest absolute Gasteiger partial charge is 0.303 e. The maximum Gasteiger partial charge on any atom is 0.303 e. The number of aliphatic hydroxyl groups is 2. The number of fused-ring (bicyclic) bond motifs is 1. The van der Waals surface area contributed by atoms with Crippen LogP contribution >= 0.6 is 0 Å². The van der Waals surface area contributed by atoms with Gasteiger partial charge in [0.15, 0.2) is 0 Å². The number of carboxylic acid groups (broad SMARTS) is 1. The van der Waals surface area contributed by atoms with Crippen LogP contribution in [0.4, 0.5) is 0 Å². The Hall–Kier alpha value is -1.33. The van der Waals surface area contributed by atoms with Gasteiger partial charge in [0, 0.05) is 31.1 Å². The van der Waals surface area contributed by atoms with Gasteiger partial charge in [0.05, 0.1) is 18.0 Å². The monoisotopic (exact) mass is 352 g/mol.